The summed E-state index contributed by atoms with van der Waals surface area (Å²) in [6, 6.07) is 7.22. The largest absolute Gasteiger partial charge is 0.481 e. The average Bonchev–Trinajstić information content (AvgIpc) is 2.33. The van der Waals surface area contributed by atoms with Gasteiger partial charge >= 0.3 is 5.97 Å². The van der Waals surface area contributed by atoms with E-state index in [4.69, 9.17) is 5.11 Å². The first kappa shape index (κ1) is 14.2. The van der Waals surface area contributed by atoms with Gasteiger partial charge in [-0.1, -0.05) is 31.0 Å². The summed E-state index contributed by atoms with van der Waals surface area (Å²) in [4.78, 5) is 22.8. The van der Waals surface area contributed by atoms with E-state index in [1.54, 1.807) is 12.1 Å². The number of carboxylic acid groups (broad SMARTS) is 1. The molecule has 0 saturated carbocycles. The van der Waals surface area contributed by atoms with E-state index in [9.17, 15) is 9.59 Å². The molecule has 0 aromatic heterocycles. The number of hydrogen-bond donors (Lipinski definition) is 2. The molecule has 1 rings (SSSR count). The fourth-order valence-corrected chi connectivity index (χ4v) is 1.77. The zero-order chi connectivity index (χ0) is 13.5. The molecule has 18 heavy (non-hydrogen) atoms. The van der Waals surface area contributed by atoms with Crippen molar-refractivity contribution in [1.82, 2.24) is 5.32 Å². The first-order valence-corrected chi connectivity index (χ1v) is 6.12. The Morgan fingerprint density at radius 1 is 1.39 bits per heavy atom. The van der Waals surface area contributed by atoms with Crippen LogP contribution in [0.4, 0.5) is 0 Å². The van der Waals surface area contributed by atoms with Crippen LogP contribution in [-0.4, -0.2) is 23.5 Å². The lowest BCUT2D eigenvalue weighted by Crippen LogP contribution is -2.32. The molecular weight excluding hydrogens is 230 g/mol. The highest BCUT2D eigenvalue weighted by atomic mass is 16.4. The van der Waals surface area contributed by atoms with E-state index in [0.29, 0.717) is 12.0 Å². The van der Waals surface area contributed by atoms with E-state index in [-0.39, 0.29) is 12.5 Å². The van der Waals surface area contributed by atoms with Gasteiger partial charge in [-0.05, 0) is 25.5 Å². The molecule has 4 nitrogen and oxygen atoms in total. The summed E-state index contributed by atoms with van der Waals surface area (Å²) in [6.07, 6.45) is 1.36. The Bertz CT molecular complexity index is 429. The second-order valence-electron chi connectivity index (χ2n) is 4.40. The quantitative estimate of drug-likeness (QED) is 0.812. The molecular formula is C14H19NO3. The Kier molecular flexibility index (Phi) is 5.36. The molecule has 1 aromatic rings. The summed E-state index contributed by atoms with van der Waals surface area (Å²) < 4.78 is 0. The molecule has 0 heterocycles. The van der Waals surface area contributed by atoms with Crippen molar-refractivity contribution in [1.29, 1.82) is 0 Å². The normalized spacial score (nSPS) is 11.9. The van der Waals surface area contributed by atoms with Crippen LogP contribution in [0.1, 0.15) is 35.7 Å². The number of aliphatic carboxylic acids is 1. The summed E-state index contributed by atoms with van der Waals surface area (Å²) in [5.74, 6) is -1.59. The lowest BCUT2D eigenvalue weighted by Gasteiger charge is -2.12. The van der Waals surface area contributed by atoms with Crippen LogP contribution in [0, 0.1) is 12.8 Å². The fraction of sp³-hybridized carbons (Fsp3) is 0.429. The maximum atomic E-state index is 11.8. The Balaban J connectivity index is 2.57. The number of nitrogens with one attached hydrogen (secondary N) is 1. The van der Waals surface area contributed by atoms with Gasteiger partial charge in [0.25, 0.3) is 5.91 Å². The maximum Gasteiger partial charge on any atom is 0.308 e. The summed E-state index contributed by atoms with van der Waals surface area (Å²) in [7, 11) is 0. The smallest absolute Gasteiger partial charge is 0.308 e. The van der Waals surface area contributed by atoms with Gasteiger partial charge in [-0.15, -0.1) is 0 Å². The van der Waals surface area contributed by atoms with Crippen LogP contribution in [0.5, 0.6) is 0 Å². The highest BCUT2D eigenvalue weighted by molar-refractivity contribution is 5.94. The van der Waals surface area contributed by atoms with Crippen molar-refractivity contribution in [2.45, 2.75) is 26.7 Å². The zero-order valence-corrected chi connectivity index (χ0v) is 10.8. The molecule has 4 heteroatoms. The topological polar surface area (TPSA) is 66.4 Å². The molecule has 0 radical (unpaired) electrons. The third kappa shape index (κ3) is 4.20. The van der Waals surface area contributed by atoms with Gasteiger partial charge in [0.05, 0.1) is 5.92 Å². The standard InChI is InChI=1S/C14H19NO3/c1-3-5-12(14(17)18)9-15-13(16)11-7-4-6-10(2)8-11/h4,6-8,12H,3,5,9H2,1-2H3,(H,15,16)(H,17,18). The van der Waals surface area contributed by atoms with Gasteiger partial charge in [-0.3, -0.25) is 9.59 Å². The van der Waals surface area contributed by atoms with Crippen LogP contribution in [-0.2, 0) is 4.79 Å². The summed E-state index contributed by atoms with van der Waals surface area (Å²) in [5.41, 5.74) is 1.57. The van der Waals surface area contributed by atoms with Crippen LogP contribution >= 0.6 is 0 Å². The first-order valence-electron chi connectivity index (χ1n) is 6.12. The monoisotopic (exact) mass is 249 g/mol. The number of carbonyl (C=O) groups excluding carboxylic acids is 1. The fourth-order valence-electron chi connectivity index (χ4n) is 1.77. The van der Waals surface area contributed by atoms with E-state index < -0.39 is 11.9 Å². The lowest BCUT2D eigenvalue weighted by molar-refractivity contribution is -0.141. The Morgan fingerprint density at radius 2 is 2.11 bits per heavy atom. The van der Waals surface area contributed by atoms with E-state index in [1.807, 2.05) is 26.0 Å². The molecule has 0 aliphatic rings. The minimum absolute atomic E-state index is 0.177. The Morgan fingerprint density at radius 3 is 2.67 bits per heavy atom. The van der Waals surface area contributed by atoms with E-state index >= 15 is 0 Å². The van der Waals surface area contributed by atoms with Crippen molar-refractivity contribution in [2.75, 3.05) is 6.54 Å². The third-order valence-corrected chi connectivity index (χ3v) is 2.78. The minimum Gasteiger partial charge on any atom is -0.481 e. The van der Waals surface area contributed by atoms with Crippen LogP contribution in [0.15, 0.2) is 24.3 Å². The maximum absolute atomic E-state index is 11.8. The minimum atomic E-state index is -0.860. The molecule has 0 aliphatic heterocycles. The SMILES string of the molecule is CCCC(CNC(=O)c1cccc(C)c1)C(=O)O. The van der Waals surface area contributed by atoms with Gasteiger partial charge in [-0.2, -0.15) is 0 Å². The predicted octanol–water partition coefficient (Wildman–Crippen LogP) is 2.23. The Hall–Kier alpha value is -1.84. The van der Waals surface area contributed by atoms with Crippen LogP contribution in [0.2, 0.25) is 0 Å². The summed E-state index contributed by atoms with van der Waals surface area (Å²) >= 11 is 0. The summed E-state index contributed by atoms with van der Waals surface area (Å²) in [5, 5.41) is 11.7. The molecule has 98 valence electrons. The van der Waals surface area contributed by atoms with Gasteiger partial charge in [0.1, 0.15) is 0 Å². The number of aryl methyl sites for hydroxylation is 1. The molecule has 1 atom stereocenters. The Labute approximate surface area is 107 Å². The van der Waals surface area contributed by atoms with Crippen LogP contribution in [0.25, 0.3) is 0 Å². The molecule has 1 aromatic carbocycles. The van der Waals surface area contributed by atoms with Crippen molar-refractivity contribution in [3.63, 3.8) is 0 Å². The van der Waals surface area contributed by atoms with Gasteiger partial charge in [0.15, 0.2) is 0 Å². The number of carbonyl (C=O) groups is 2. The molecule has 1 unspecified atom stereocenters. The number of benzene rings is 1. The highest BCUT2D eigenvalue weighted by Gasteiger charge is 2.17. The van der Waals surface area contributed by atoms with Crippen molar-refractivity contribution < 1.29 is 14.7 Å². The van der Waals surface area contributed by atoms with Gasteiger partial charge in [-0.25, -0.2) is 0 Å². The van der Waals surface area contributed by atoms with Gasteiger partial charge in [0, 0.05) is 12.1 Å². The van der Waals surface area contributed by atoms with E-state index in [2.05, 4.69) is 5.32 Å². The highest BCUT2D eigenvalue weighted by Crippen LogP contribution is 2.07. The number of rotatable bonds is 6. The van der Waals surface area contributed by atoms with Crippen LogP contribution in [0.3, 0.4) is 0 Å². The van der Waals surface area contributed by atoms with Crippen molar-refractivity contribution in [2.24, 2.45) is 5.92 Å². The third-order valence-electron chi connectivity index (χ3n) is 2.78. The molecule has 0 saturated heterocycles. The predicted molar refractivity (Wildman–Crippen MR) is 69.5 cm³/mol. The number of hydrogen-bond acceptors (Lipinski definition) is 2. The van der Waals surface area contributed by atoms with Crippen molar-refractivity contribution in [3.8, 4) is 0 Å². The molecule has 2 N–H and O–H groups in total. The van der Waals surface area contributed by atoms with Crippen LogP contribution < -0.4 is 5.32 Å². The molecule has 0 spiro atoms. The van der Waals surface area contributed by atoms with Gasteiger partial charge < -0.3 is 10.4 Å². The summed E-state index contributed by atoms with van der Waals surface area (Å²) in [6.45, 7) is 4.02. The lowest BCUT2D eigenvalue weighted by atomic mass is 10.0. The molecule has 0 aliphatic carbocycles. The second-order valence-corrected chi connectivity index (χ2v) is 4.40. The zero-order valence-electron chi connectivity index (χ0n) is 10.8. The van der Waals surface area contributed by atoms with E-state index in [0.717, 1.165) is 12.0 Å². The van der Waals surface area contributed by atoms with E-state index in [1.165, 1.54) is 0 Å². The average molecular weight is 249 g/mol. The number of amides is 1. The molecule has 0 fully saturated rings. The second kappa shape index (κ2) is 6.79. The van der Waals surface area contributed by atoms with Crippen molar-refractivity contribution >= 4 is 11.9 Å². The first-order chi connectivity index (χ1) is 8.54. The molecule has 1 amide bonds. The van der Waals surface area contributed by atoms with Gasteiger partial charge in [0.2, 0.25) is 0 Å². The van der Waals surface area contributed by atoms with Crippen molar-refractivity contribution in [3.05, 3.63) is 35.4 Å². The molecule has 0 bridgehead atoms. The number of carboxylic acids is 1.